The summed E-state index contributed by atoms with van der Waals surface area (Å²) in [6, 6.07) is 12.0. The standard InChI is InChI=1S/C21H21F3N4/c22-21(23,24)18-9-8-16(13-4-2-1-3-5-13)20-26-19(27-28(18)20)10-17-14-6-7-15(17)12-25-11-14/h1-5,8-9,14-15,17,25H,6-7,10-12H2/t14-,15+,17?. The summed E-state index contributed by atoms with van der Waals surface area (Å²) in [6.45, 7) is 1.97. The van der Waals surface area contributed by atoms with Crippen LogP contribution in [-0.4, -0.2) is 27.7 Å². The minimum Gasteiger partial charge on any atom is -0.316 e. The summed E-state index contributed by atoms with van der Waals surface area (Å²) in [7, 11) is 0. The number of nitrogens with zero attached hydrogens (tertiary/aromatic N) is 3. The molecule has 1 saturated carbocycles. The number of hydrogen-bond donors (Lipinski definition) is 1. The maximum absolute atomic E-state index is 13.6. The number of rotatable bonds is 3. The van der Waals surface area contributed by atoms with Crippen LogP contribution in [0.5, 0.6) is 0 Å². The predicted octanol–water partition coefficient (Wildman–Crippen LogP) is 4.20. The van der Waals surface area contributed by atoms with Crippen molar-refractivity contribution in [2.24, 2.45) is 17.8 Å². The smallest absolute Gasteiger partial charge is 0.316 e. The maximum atomic E-state index is 13.6. The van der Waals surface area contributed by atoms with Crippen molar-refractivity contribution in [1.29, 1.82) is 0 Å². The van der Waals surface area contributed by atoms with E-state index >= 15 is 0 Å². The number of hydrogen-bond acceptors (Lipinski definition) is 3. The highest BCUT2D eigenvalue weighted by Crippen LogP contribution is 2.41. The molecule has 7 heteroatoms. The van der Waals surface area contributed by atoms with E-state index < -0.39 is 11.9 Å². The van der Waals surface area contributed by atoms with Crippen LogP contribution in [0.4, 0.5) is 13.2 Å². The number of fused-ring (bicyclic) bond motifs is 3. The lowest BCUT2D eigenvalue weighted by molar-refractivity contribution is -0.142. The molecule has 1 aromatic carbocycles. The quantitative estimate of drug-likeness (QED) is 0.734. The summed E-state index contributed by atoms with van der Waals surface area (Å²) in [5.74, 6) is 2.10. The number of benzene rings is 1. The second-order valence-electron chi connectivity index (χ2n) is 7.88. The molecule has 0 radical (unpaired) electrons. The molecule has 2 bridgehead atoms. The molecule has 1 aliphatic carbocycles. The van der Waals surface area contributed by atoms with Gasteiger partial charge in [0.05, 0.1) is 0 Å². The molecule has 2 aromatic heterocycles. The molecule has 4 nitrogen and oxygen atoms in total. The number of pyridine rings is 1. The van der Waals surface area contributed by atoms with Gasteiger partial charge in [-0.15, -0.1) is 0 Å². The van der Waals surface area contributed by atoms with E-state index in [1.54, 1.807) is 0 Å². The maximum Gasteiger partial charge on any atom is 0.433 e. The molecule has 1 saturated heterocycles. The highest BCUT2D eigenvalue weighted by molar-refractivity contribution is 5.77. The van der Waals surface area contributed by atoms with Crippen molar-refractivity contribution < 1.29 is 13.2 Å². The van der Waals surface area contributed by atoms with E-state index in [9.17, 15) is 13.2 Å². The Kier molecular flexibility index (Phi) is 4.16. The Balaban J connectivity index is 1.60. The highest BCUT2D eigenvalue weighted by atomic mass is 19.4. The summed E-state index contributed by atoms with van der Waals surface area (Å²) in [5.41, 5.74) is 0.995. The Morgan fingerprint density at radius 1 is 1.00 bits per heavy atom. The third kappa shape index (κ3) is 2.98. The van der Waals surface area contributed by atoms with Gasteiger partial charge >= 0.3 is 6.18 Å². The van der Waals surface area contributed by atoms with Crippen LogP contribution in [0.3, 0.4) is 0 Å². The Morgan fingerprint density at radius 3 is 2.39 bits per heavy atom. The second-order valence-corrected chi connectivity index (χ2v) is 7.88. The van der Waals surface area contributed by atoms with E-state index in [0.717, 1.165) is 29.2 Å². The van der Waals surface area contributed by atoms with Crippen molar-refractivity contribution in [3.05, 3.63) is 54.0 Å². The number of piperidine rings is 1. The van der Waals surface area contributed by atoms with Gasteiger partial charge in [0.1, 0.15) is 5.69 Å². The van der Waals surface area contributed by atoms with Gasteiger partial charge in [-0.1, -0.05) is 30.3 Å². The molecule has 28 heavy (non-hydrogen) atoms. The fraction of sp³-hybridized carbons (Fsp3) is 0.429. The van der Waals surface area contributed by atoms with Crippen LogP contribution in [0.25, 0.3) is 16.8 Å². The first-order valence-corrected chi connectivity index (χ1v) is 9.72. The molecule has 0 spiro atoms. The van der Waals surface area contributed by atoms with E-state index in [1.165, 1.54) is 18.9 Å². The molecule has 1 aliphatic heterocycles. The van der Waals surface area contributed by atoms with Crippen molar-refractivity contribution >= 4 is 5.65 Å². The Bertz CT molecular complexity index is 980. The number of alkyl halides is 3. The zero-order valence-corrected chi connectivity index (χ0v) is 15.3. The van der Waals surface area contributed by atoms with Gasteiger partial charge in [-0.2, -0.15) is 18.3 Å². The number of halogens is 3. The molecule has 3 atom stereocenters. The topological polar surface area (TPSA) is 42.2 Å². The van der Waals surface area contributed by atoms with Gasteiger partial charge in [-0.25, -0.2) is 9.50 Å². The first-order chi connectivity index (χ1) is 13.5. The summed E-state index contributed by atoms with van der Waals surface area (Å²) in [4.78, 5) is 4.59. The number of nitrogens with one attached hydrogen (secondary N) is 1. The van der Waals surface area contributed by atoms with Crippen molar-refractivity contribution in [3.63, 3.8) is 0 Å². The van der Waals surface area contributed by atoms with Crippen LogP contribution in [-0.2, 0) is 12.6 Å². The molecule has 0 amide bonds. The molecule has 5 rings (SSSR count). The Labute approximate surface area is 160 Å². The van der Waals surface area contributed by atoms with Crippen molar-refractivity contribution in [2.45, 2.75) is 25.4 Å². The summed E-state index contributed by atoms with van der Waals surface area (Å²) in [5, 5.41) is 7.78. The van der Waals surface area contributed by atoms with Gasteiger partial charge in [0, 0.05) is 12.0 Å². The average molecular weight is 386 g/mol. The summed E-state index contributed by atoms with van der Waals surface area (Å²) in [6.07, 6.45) is -1.48. The third-order valence-corrected chi connectivity index (χ3v) is 6.25. The van der Waals surface area contributed by atoms with E-state index in [0.29, 0.717) is 35.6 Å². The minimum atomic E-state index is -4.48. The first kappa shape index (κ1) is 17.7. The highest BCUT2D eigenvalue weighted by Gasteiger charge is 2.40. The molecule has 1 unspecified atom stereocenters. The van der Waals surface area contributed by atoms with E-state index in [1.807, 2.05) is 30.3 Å². The second kappa shape index (κ2) is 6.58. The van der Waals surface area contributed by atoms with Crippen LogP contribution in [0, 0.1) is 17.8 Å². The third-order valence-electron chi connectivity index (χ3n) is 6.25. The Hall–Kier alpha value is -2.41. The lowest BCUT2D eigenvalue weighted by atomic mass is 9.83. The van der Waals surface area contributed by atoms with Gasteiger partial charge in [-0.05, 0) is 61.4 Å². The van der Waals surface area contributed by atoms with Crippen LogP contribution in [0.15, 0.2) is 42.5 Å². The van der Waals surface area contributed by atoms with Crippen LogP contribution >= 0.6 is 0 Å². The lowest BCUT2D eigenvalue weighted by Gasteiger charge is -2.29. The number of aromatic nitrogens is 3. The summed E-state index contributed by atoms with van der Waals surface area (Å²) >= 11 is 0. The van der Waals surface area contributed by atoms with Crippen LogP contribution < -0.4 is 5.32 Å². The molecule has 3 heterocycles. The van der Waals surface area contributed by atoms with E-state index in [-0.39, 0.29) is 5.65 Å². The van der Waals surface area contributed by atoms with E-state index in [2.05, 4.69) is 15.4 Å². The Morgan fingerprint density at radius 2 is 1.71 bits per heavy atom. The fourth-order valence-corrected chi connectivity index (χ4v) is 4.89. The average Bonchev–Trinajstić information content (AvgIpc) is 3.17. The molecular formula is C21H21F3N4. The largest absolute Gasteiger partial charge is 0.433 e. The fourth-order valence-electron chi connectivity index (χ4n) is 4.89. The van der Waals surface area contributed by atoms with Gasteiger partial charge in [0.2, 0.25) is 0 Å². The SMILES string of the molecule is FC(F)(F)c1ccc(-c2ccccc2)c2nc(CC3[C@@H]4CC[C@H]3CNC4)nn12. The van der Waals surface area contributed by atoms with Gasteiger partial charge in [-0.3, -0.25) is 0 Å². The van der Waals surface area contributed by atoms with Gasteiger partial charge in [0.15, 0.2) is 11.5 Å². The molecular weight excluding hydrogens is 365 g/mol. The molecule has 2 aliphatic rings. The predicted molar refractivity (Wildman–Crippen MR) is 99.7 cm³/mol. The van der Waals surface area contributed by atoms with Crippen molar-refractivity contribution in [2.75, 3.05) is 13.1 Å². The lowest BCUT2D eigenvalue weighted by Crippen LogP contribution is -2.39. The zero-order chi connectivity index (χ0) is 19.3. The van der Waals surface area contributed by atoms with Crippen LogP contribution in [0.1, 0.15) is 24.4 Å². The van der Waals surface area contributed by atoms with Crippen LogP contribution in [0.2, 0.25) is 0 Å². The first-order valence-electron chi connectivity index (χ1n) is 9.72. The monoisotopic (exact) mass is 386 g/mol. The van der Waals surface area contributed by atoms with Gasteiger partial charge < -0.3 is 5.32 Å². The van der Waals surface area contributed by atoms with Crippen molar-refractivity contribution in [3.8, 4) is 11.1 Å². The molecule has 2 fully saturated rings. The molecule has 1 N–H and O–H groups in total. The van der Waals surface area contributed by atoms with Gasteiger partial charge in [0.25, 0.3) is 0 Å². The van der Waals surface area contributed by atoms with E-state index in [4.69, 9.17) is 0 Å². The molecule has 3 aromatic rings. The zero-order valence-electron chi connectivity index (χ0n) is 15.3. The summed E-state index contributed by atoms with van der Waals surface area (Å²) < 4.78 is 41.7. The molecule has 146 valence electrons. The van der Waals surface area contributed by atoms with Crippen molar-refractivity contribution in [1.82, 2.24) is 19.9 Å². The normalized spacial score (nSPS) is 24.8. The minimum absolute atomic E-state index is 0.275.